The Morgan fingerprint density at radius 1 is 1.15 bits per heavy atom. The van der Waals surface area contributed by atoms with Crippen LogP contribution in [0.1, 0.15) is 66.6 Å². The molecule has 0 radical (unpaired) electrons. The molecule has 1 saturated heterocycles. The highest BCUT2D eigenvalue weighted by molar-refractivity contribution is 6.36. The highest BCUT2D eigenvalue weighted by Gasteiger charge is 2.25. The van der Waals surface area contributed by atoms with Crippen molar-refractivity contribution >= 4 is 34.3 Å². The maximum Gasteiger partial charge on any atom is 0.0855 e. The van der Waals surface area contributed by atoms with Gasteiger partial charge in [-0.25, -0.2) is 0 Å². The maximum atomic E-state index is 6.71. The molecule has 5 nitrogen and oxygen atoms in total. The van der Waals surface area contributed by atoms with Crippen molar-refractivity contribution < 1.29 is 0 Å². The van der Waals surface area contributed by atoms with Crippen LogP contribution in [0.15, 0.2) is 62.0 Å². The highest BCUT2D eigenvalue weighted by Crippen LogP contribution is 2.38. The number of rotatable bonds is 7. The van der Waals surface area contributed by atoms with Crippen molar-refractivity contribution in [3.05, 3.63) is 95.1 Å². The number of hydrogen-bond acceptors (Lipinski definition) is 5. The molecule has 3 heterocycles. The predicted octanol–water partition coefficient (Wildman–Crippen LogP) is 7.07. The number of hydrogen-bond donors (Lipinski definition) is 1. The Labute approximate surface area is 239 Å². The lowest BCUT2D eigenvalue weighted by Crippen LogP contribution is -2.43. The standard InChI is InChI=1S/C22H20ClN3.C11H22N2/c1-3-14-4-6-17-20(10-14)26-21-12-15(5-7-18(21)22(17)23)16-8-9-25-19(11-16)13(2)24;1-4-5-6-11(2)13-9-7-12(3)8-10-13/h3-4,6,8-11,15H,1-2,5,7,12,24H2;2,4-10H2,1,3H3. The predicted molar refractivity (Wildman–Crippen MR) is 167 cm³/mol. The molecule has 0 bridgehead atoms. The molecule has 6 heteroatoms. The average Bonchev–Trinajstić information content (AvgIpc) is 2.96. The van der Waals surface area contributed by atoms with Crippen LogP contribution in [0.4, 0.5) is 0 Å². The van der Waals surface area contributed by atoms with Gasteiger partial charge in [-0.3, -0.25) is 9.97 Å². The topological polar surface area (TPSA) is 58.3 Å². The lowest BCUT2D eigenvalue weighted by Gasteiger charge is -2.35. The maximum absolute atomic E-state index is 6.71. The van der Waals surface area contributed by atoms with E-state index in [4.69, 9.17) is 22.3 Å². The number of benzene rings is 1. The molecule has 2 aliphatic rings. The van der Waals surface area contributed by atoms with E-state index < -0.39 is 0 Å². The van der Waals surface area contributed by atoms with Gasteiger partial charge in [-0.05, 0) is 80.0 Å². The van der Waals surface area contributed by atoms with E-state index in [9.17, 15) is 0 Å². The average molecular weight is 544 g/mol. The summed E-state index contributed by atoms with van der Waals surface area (Å²) in [4.78, 5) is 14.0. The third-order valence-electron chi connectivity index (χ3n) is 7.90. The SMILES string of the molecule is C=C(CCCC)N1CCN(C)CC1.C=Cc1ccc2c(Cl)c3c(nc2c1)CC(c1ccnc(C(=C)N)c1)CC3. The van der Waals surface area contributed by atoms with E-state index in [1.54, 1.807) is 6.20 Å². The van der Waals surface area contributed by atoms with Crippen LogP contribution in [0.2, 0.25) is 5.02 Å². The number of piperazine rings is 1. The molecule has 0 saturated carbocycles. The zero-order valence-corrected chi connectivity index (χ0v) is 24.3. The van der Waals surface area contributed by atoms with Crippen LogP contribution in [-0.2, 0) is 12.8 Å². The molecule has 5 rings (SSSR count). The monoisotopic (exact) mass is 543 g/mol. The number of allylic oxidation sites excluding steroid dienone is 1. The summed E-state index contributed by atoms with van der Waals surface area (Å²) in [6.45, 7) is 18.7. The highest BCUT2D eigenvalue weighted by atomic mass is 35.5. The van der Waals surface area contributed by atoms with E-state index >= 15 is 0 Å². The molecule has 2 aromatic heterocycles. The Balaban J connectivity index is 0.000000229. The summed E-state index contributed by atoms with van der Waals surface area (Å²) in [7, 11) is 2.19. The fraction of sp³-hybridized carbons (Fsp3) is 0.394. The molecule has 0 amide bonds. The summed E-state index contributed by atoms with van der Waals surface area (Å²) in [6, 6.07) is 10.2. The first-order valence-electron chi connectivity index (χ1n) is 14.1. The second-order valence-electron chi connectivity index (χ2n) is 10.7. The Bertz CT molecular complexity index is 1340. The van der Waals surface area contributed by atoms with Gasteiger partial charge in [0.15, 0.2) is 0 Å². The molecule has 206 valence electrons. The number of pyridine rings is 2. The molecule has 1 aliphatic heterocycles. The first-order valence-corrected chi connectivity index (χ1v) is 14.4. The summed E-state index contributed by atoms with van der Waals surface area (Å²) < 4.78 is 0. The van der Waals surface area contributed by atoms with Crippen LogP contribution < -0.4 is 5.73 Å². The van der Waals surface area contributed by atoms with Crippen LogP contribution in [0.3, 0.4) is 0 Å². The van der Waals surface area contributed by atoms with Crippen molar-refractivity contribution in [3.63, 3.8) is 0 Å². The van der Waals surface area contributed by atoms with Gasteiger partial charge in [0.05, 0.1) is 21.9 Å². The van der Waals surface area contributed by atoms with Crippen LogP contribution in [0.5, 0.6) is 0 Å². The lowest BCUT2D eigenvalue weighted by molar-refractivity contribution is 0.182. The van der Waals surface area contributed by atoms with Gasteiger partial charge in [-0.1, -0.05) is 62.9 Å². The smallest absolute Gasteiger partial charge is 0.0855 e. The third-order valence-corrected chi connectivity index (χ3v) is 8.33. The molecule has 1 aliphatic carbocycles. The molecule has 1 atom stereocenters. The number of aromatic nitrogens is 2. The number of nitrogens with two attached hydrogens (primary N) is 1. The van der Waals surface area contributed by atoms with Crippen molar-refractivity contribution in [2.75, 3.05) is 33.2 Å². The number of unbranched alkanes of at least 4 members (excludes halogenated alkanes) is 1. The first kappa shape index (κ1) is 28.8. The van der Waals surface area contributed by atoms with Crippen molar-refractivity contribution in [2.45, 2.75) is 51.4 Å². The van der Waals surface area contributed by atoms with Gasteiger partial charge in [0.25, 0.3) is 0 Å². The van der Waals surface area contributed by atoms with E-state index in [1.807, 2.05) is 30.3 Å². The Morgan fingerprint density at radius 3 is 2.62 bits per heavy atom. The molecular formula is C33H42ClN5. The molecule has 2 N–H and O–H groups in total. The fourth-order valence-corrected chi connectivity index (χ4v) is 5.72. The van der Waals surface area contributed by atoms with Gasteiger partial charge in [0.2, 0.25) is 0 Å². The quantitative estimate of drug-likeness (QED) is 0.345. The van der Waals surface area contributed by atoms with Gasteiger partial charge in [-0.15, -0.1) is 0 Å². The van der Waals surface area contributed by atoms with Crippen molar-refractivity contribution in [1.29, 1.82) is 0 Å². The van der Waals surface area contributed by atoms with Gasteiger partial charge in [-0.2, -0.15) is 0 Å². The third kappa shape index (κ3) is 7.09. The summed E-state index contributed by atoms with van der Waals surface area (Å²) in [5, 5.41) is 1.85. The summed E-state index contributed by atoms with van der Waals surface area (Å²) in [5.41, 5.74) is 13.9. The molecule has 1 unspecified atom stereocenters. The largest absolute Gasteiger partial charge is 0.397 e. The van der Waals surface area contributed by atoms with Gasteiger partial charge in [0.1, 0.15) is 0 Å². The van der Waals surface area contributed by atoms with Crippen molar-refractivity contribution in [2.24, 2.45) is 5.73 Å². The Kier molecular flexibility index (Phi) is 9.82. The zero-order valence-electron chi connectivity index (χ0n) is 23.6. The number of likely N-dealkylation sites (N-methyl/N-ethyl adjacent to an activating group) is 1. The molecule has 1 aromatic carbocycles. The second-order valence-corrected chi connectivity index (χ2v) is 11.1. The minimum atomic E-state index is 0.382. The molecular weight excluding hydrogens is 502 g/mol. The minimum Gasteiger partial charge on any atom is -0.397 e. The van der Waals surface area contributed by atoms with Crippen LogP contribution >= 0.6 is 11.6 Å². The van der Waals surface area contributed by atoms with Gasteiger partial charge >= 0.3 is 0 Å². The van der Waals surface area contributed by atoms with E-state index in [-0.39, 0.29) is 0 Å². The first-order chi connectivity index (χ1) is 18.8. The minimum absolute atomic E-state index is 0.382. The summed E-state index contributed by atoms with van der Waals surface area (Å²) in [6.07, 6.45) is 10.2. The second kappa shape index (κ2) is 13.3. The van der Waals surface area contributed by atoms with Crippen LogP contribution in [-0.4, -0.2) is 53.0 Å². The number of fused-ring (bicyclic) bond motifs is 2. The lowest BCUT2D eigenvalue weighted by atomic mass is 9.82. The molecule has 1 fully saturated rings. The number of halogens is 1. The molecule has 39 heavy (non-hydrogen) atoms. The molecule has 0 spiro atoms. The molecule has 3 aromatic rings. The summed E-state index contributed by atoms with van der Waals surface area (Å²) >= 11 is 6.71. The van der Waals surface area contributed by atoms with E-state index in [0.29, 0.717) is 11.6 Å². The van der Waals surface area contributed by atoms with Crippen molar-refractivity contribution in [3.8, 4) is 0 Å². The van der Waals surface area contributed by atoms with E-state index in [2.05, 4.69) is 54.6 Å². The van der Waals surface area contributed by atoms with Gasteiger partial charge in [0, 0.05) is 49.2 Å². The Morgan fingerprint density at radius 2 is 1.92 bits per heavy atom. The van der Waals surface area contributed by atoms with E-state index in [1.165, 1.54) is 62.3 Å². The zero-order chi connectivity index (χ0) is 27.9. The van der Waals surface area contributed by atoms with Gasteiger partial charge < -0.3 is 15.5 Å². The van der Waals surface area contributed by atoms with Crippen LogP contribution in [0.25, 0.3) is 22.7 Å². The van der Waals surface area contributed by atoms with Crippen LogP contribution in [0, 0.1) is 0 Å². The Hall–Kier alpha value is -3.15. The fourth-order valence-electron chi connectivity index (χ4n) is 5.36. The number of nitrogens with zero attached hydrogens (tertiary/aromatic N) is 4. The normalized spacial score (nSPS) is 17.2. The van der Waals surface area contributed by atoms with Crippen molar-refractivity contribution in [1.82, 2.24) is 19.8 Å². The summed E-state index contributed by atoms with van der Waals surface area (Å²) in [5.74, 6) is 0.382. The van der Waals surface area contributed by atoms with E-state index in [0.717, 1.165) is 52.1 Å².